The molecule has 0 amide bonds. The van der Waals surface area contributed by atoms with Gasteiger partial charge in [-0.3, -0.25) is 0 Å². The van der Waals surface area contributed by atoms with Crippen LogP contribution in [0.4, 0.5) is 0 Å². The van der Waals surface area contributed by atoms with Gasteiger partial charge in [0.25, 0.3) is 0 Å². The van der Waals surface area contributed by atoms with Gasteiger partial charge in [0, 0.05) is 35.9 Å². The average Bonchev–Trinajstić information content (AvgIpc) is 2.93. The predicted molar refractivity (Wildman–Crippen MR) is 91.5 cm³/mol. The predicted octanol–water partition coefficient (Wildman–Crippen LogP) is 4.26. The van der Waals surface area contributed by atoms with Crippen LogP contribution in [0.1, 0.15) is 43.3 Å². The lowest BCUT2D eigenvalue weighted by Crippen LogP contribution is -2.26. The topological polar surface area (TPSA) is 29.9 Å². The number of nitrogens with one attached hydrogen (secondary N) is 1. The van der Waals surface area contributed by atoms with E-state index < -0.39 is 0 Å². The number of aromatic nitrogens is 2. The number of benzene rings is 1. The quantitative estimate of drug-likeness (QED) is 0.809. The Balaban J connectivity index is 2.27. The third-order valence-corrected chi connectivity index (χ3v) is 4.28. The fraction of sp³-hybridized carbons (Fsp3) is 0.471. The number of hydrogen-bond acceptors (Lipinski definition) is 2. The maximum absolute atomic E-state index is 4.52. The van der Waals surface area contributed by atoms with Crippen LogP contribution in [0.25, 0.3) is 0 Å². The highest BCUT2D eigenvalue weighted by molar-refractivity contribution is 9.10. The van der Waals surface area contributed by atoms with Crippen molar-refractivity contribution in [3.8, 4) is 0 Å². The monoisotopic (exact) mass is 349 g/mol. The van der Waals surface area contributed by atoms with E-state index in [9.17, 15) is 0 Å². The number of rotatable bonds is 7. The molecule has 1 heterocycles. The van der Waals surface area contributed by atoms with Crippen LogP contribution in [0.3, 0.4) is 0 Å². The zero-order chi connectivity index (χ0) is 15.2. The van der Waals surface area contributed by atoms with E-state index >= 15 is 0 Å². The van der Waals surface area contributed by atoms with Crippen LogP contribution < -0.4 is 5.32 Å². The summed E-state index contributed by atoms with van der Waals surface area (Å²) in [4.78, 5) is 4.52. The summed E-state index contributed by atoms with van der Waals surface area (Å²) in [6.45, 7) is 8.51. The zero-order valence-corrected chi connectivity index (χ0v) is 14.7. The Morgan fingerprint density at radius 1 is 1.33 bits per heavy atom. The van der Waals surface area contributed by atoms with E-state index in [1.54, 1.807) is 0 Å². The summed E-state index contributed by atoms with van der Waals surface area (Å²) in [5.41, 5.74) is 2.67. The fourth-order valence-corrected chi connectivity index (χ4v) is 2.98. The van der Waals surface area contributed by atoms with Gasteiger partial charge in [-0.05, 0) is 50.1 Å². The van der Waals surface area contributed by atoms with E-state index in [0.29, 0.717) is 6.04 Å². The van der Waals surface area contributed by atoms with Crippen LogP contribution in [0.15, 0.2) is 35.1 Å². The summed E-state index contributed by atoms with van der Waals surface area (Å²) in [7, 11) is 0. The molecule has 0 aliphatic rings. The van der Waals surface area contributed by atoms with Crippen molar-refractivity contribution in [2.75, 3.05) is 6.54 Å². The molecule has 0 bridgehead atoms. The molecule has 0 saturated heterocycles. The van der Waals surface area contributed by atoms with E-state index in [-0.39, 0.29) is 0 Å². The Kier molecular flexibility index (Phi) is 6.00. The van der Waals surface area contributed by atoms with Gasteiger partial charge >= 0.3 is 0 Å². The summed E-state index contributed by atoms with van der Waals surface area (Å²) in [5.74, 6) is 1.14. The van der Waals surface area contributed by atoms with Gasteiger partial charge in [0.1, 0.15) is 5.82 Å². The molecule has 2 aromatic rings. The highest BCUT2D eigenvalue weighted by atomic mass is 79.9. The first-order valence-corrected chi connectivity index (χ1v) is 8.44. The van der Waals surface area contributed by atoms with Crippen LogP contribution >= 0.6 is 15.9 Å². The normalized spacial score (nSPS) is 12.6. The average molecular weight is 350 g/mol. The first-order valence-electron chi connectivity index (χ1n) is 7.65. The molecule has 1 aromatic heterocycles. The molecule has 0 aliphatic carbocycles. The number of aryl methyl sites for hydroxylation is 2. The first-order chi connectivity index (χ1) is 10.2. The Morgan fingerprint density at radius 3 is 2.86 bits per heavy atom. The molecule has 114 valence electrons. The fourth-order valence-electron chi connectivity index (χ4n) is 2.60. The molecule has 0 fully saturated rings. The van der Waals surface area contributed by atoms with Crippen LogP contribution in [-0.2, 0) is 13.0 Å². The number of halogens is 1. The number of imidazole rings is 1. The molecule has 2 rings (SSSR count). The van der Waals surface area contributed by atoms with E-state index in [2.05, 4.69) is 76.0 Å². The Hall–Kier alpha value is -1.13. The highest BCUT2D eigenvalue weighted by Gasteiger charge is 2.16. The van der Waals surface area contributed by atoms with Crippen molar-refractivity contribution in [3.05, 3.63) is 52.0 Å². The summed E-state index contributed by atoms with van der Waals surface area (Å²) >= 11 is 3.59. The summed E-state index contributed by atoms with van der Waals surface area (Å²) in [6, 6.07) is 6.80. The van der Waals surface area contributed by atoms with Gasteiger partial charge < -0.3 is 9.88 Å². The summed E-state index contributed by atoms with van der Waals surface area (Å²) < 4.78 is 3.35. The SMILES string of the molecule is CCCNC(Cc1nccn1CC)c1cc(Br)ccc1C. The lowest BCUT2D eigenvalue weighted by Gasteiger charge is -2.21. The second kappa shape index (κ2) is 7.76. The minimum atomic E-state index is 0.301. The second-order valence-electron chi connectivity index (χ2n) is 5.34. The Morgan fingerprint density at radius 2 is 2.14 bits per heavy atom. The van der Waals surface area contributed by atoms with Gasteiger partial charge in [-0.15, -0.1) is 0 Å². The minimum Gasteiger partial charge on any atom is -0.335 e. The van der Waals surface area contributed by atoms with Crippen molar-refractivity contribution in [3.63, 3.8) is 0 Å². The molecule has 1 N–H and O–H groups in total. The smallest absolute Gasteiger partial charge is 0.110 e. The van der Waals surface area contributed by atoms with Crippen LogP contribution in [-0.4, -0.2) is 16.1 Å². The molecule has 3 nitrogen and oxygen atoms in total. The second-order valence-corrected chi connectivity index (χ2v) is 6.26. The van der Waals surface area contributed by atoms with Crippen molar-refractivity contribution in [1.82, 2.24) is 14.9 Å². The van der Waals surface area contributed by atoms with E-state index in [0.717, 1.165) is 36.2 Å². The van der Waals surface area contributed by atoms with Crippen molar-refractivity contribution in [1.29, 1.82) is 0 Å². The number of nitrogens with zero attached hydrogens (tertiary/aromatic N) is 2. The maximum Gasteiger partial charge on any atom is 0.110 e. The van der Waals surface area contributed by atoms with E-state index in [1.807, 2.05) is 6.20 Å². The minimum absolute atomic E-state index is 0.301. The van der Waals surface area contributed by atoms with E-state index in [1.165, 1.54) is 11.1 Å². The molecule has 1 unspecified atom stereocenters. The molecular formula is C17H24BrN3. The first kappa shape index (κ1) is 16.2. The van der Waals surface area contributed by atoms with Crippen molar-refractivity contribution in [2.45, 2.75) is 46.2 Å². The maximum atomic E-state index is 4.52. The Bertz CT molecular complexity index is 577. The molecule has 0 spiro atoms. The lowest BCUT2D eigenvalue weighted by molar-refractivity contribution is 0.504. The molecular weight excluding hydrogens is 326 g/mol. The zero-order valence-electron chi connectivity index (χ0n) is 13.1. The van der Waals surface area contributed by atoms with Crippen molar-refractivity contribution in [2.24, 2.45) is 0 Å². The van der Waals surface area contributed by atoms with Gasteiger partial charge in [0.15, 0.2) is 0 Å². The lowest BCUT2D eigenvalue weighted by atomic mass is 9.98. The molecule has 1 atom stereocenters. The molecule has 0 aliphatic heterocycles. The molecule has 21 heavy (non-hydrogen) atoms. The molecule has 0 saturated carbocycles. The molecule has 1 aromatic carbocycles. The largest absolute Gasteiger partial charge is 0.335 e. The molecule has 0 radical (unpaired) electrons. The standard InChI is InChI=1S/C17H24BrN3/c1-4-8-19-16(12-17-20-9-10-21(17)5-2)15-11-14(18)7-6-13(15)3/h6-7,9-11,16,19H,4-5,8,12H2,1-3H3. The Labute approximate surface area is 135 Å². The highest BCUT2D eigenvalue weighted by Crippen LogP contribution is 2.25. The van der Waals surface area contributed by atoms with Gasteiger partial charge in [0.05, 0.1) is 0 Å². The summed E-state index contributed by atoms with van der Waals surface area (Å²) in [6.07, 6.45) is 5.99. The van der Waals surface area contributed by atoms with E-state index in [4.69, 9.17) is 0 Å². The summed E-state index contributed by atoms with van der Waals surface area (Å²) in [5, 5.41) is 3.67. The van der Waals surface area contributed by atoms with Crippen molar-refractivity contribution >= 4 is 15.9 Å². The number of hydrogen-bond donors (Lipinski definition) is 1. The van der Waals surface area contributed by atoms with Crippen LogP contribution in [0.5, 0.6) is 0 Å². The van der Waals surface area contributed by atoms with Crippen LogP contribution in [0, 0.1) is 6.92 Å². The van der Waals surface area contributed by atoms with Gasteiger partial charge in [-0.1, -0.05) is 28.9 Å². The van der Waals surface area contributed by atoms with Gasteiger partial charge in [-0.25, -0.2) is 4.98 Å². The van der Waals surface area contributed by atoms with Gasteiger partial charge in [-0.2, -0.15) is 0 Å². The third-order valence-electron chi connectivity index (χ3n) is 3.79. The van der Waals surface area contributed by atoms with Crippen LogP contribution in [0.2, 0.25) is 0 Å². The van der Waals surface area contributed by atoms with Gasteiger partial charge in [0.2, 0.25) is 0 Å². The third kappa shape index (κ3) is 4.17. The van der Waals surface area contributed by atoms with Crippen molar-refractivity contribution < 1.29 is 0 Å². The molecule has 4 heteroatoms.